The highest BCUT2D eigenvalue weighted by molar-refractivity contribution is 9.10. The topological polar surface area (TPSA) is 38.1 Å². The summed E-state index contributed by atoms with van der Waals surface area (Å²) in [6.07, 6.45) is 3.34. The monoisotopic (exact) mass is 216 g/mol. The number of nitrogens with zero attached hydrogens (tertiary/aromatic N) is 2. The summed E-state index contributed by atoms with van der Waals surface area (Å²) in [5.74, 6) is 0. The van der Waals surface area contributed by atoms with Crippen LogP contribution in [0.5, 0.6) is 0 Å². The van der Waals surface area contributed by atoms with Gasteiger partial charge in [-0.1, -0.05) is 0 Å². The molecule has 1 aromatic heterocycles. The Morgan fingerprint density at radius 2 is 2.55 bits per heavy atom. The lowest BCUT2D eigenvalue weighted by atomic mass is 10.1. The number of imidazole rings is 1. The zero-order valence-corrected chi connectivity index (χ0v) is 7.58. The van der Waals surface area contributed by atoms with Crippen LogP contribution in [-0.2, 0) is 13.0 Å². The van der Waals surface area contributed by atoms with Gasteiger partial charge in [0.1, 0.15) is 4.60 Å². The van der Waals surface area contributed by atoms with E-state index in [-0.39, 0.29) is 6.10 Å². The van der Waals surface area contributed by atoms with E-state index in [0.717, 1.165) is 17.4 Å². The second-order valence-corrected chi connectivity index (χ2v) is 3.58. The molecule has 0 radical (unpaired) electrons. The molecule has 1 aliphatic rings. The molecule has 60 valence electrons. The van der Waals surface area contributed by atoms with Gasteiger partial charge in [0.25, 0.3) is 0 Å². The van der Waals surface area contributed by atoms with Crippen LogP contribution in [0.15, 0.2) is 10.9 Å². The largest absolute Gasteiger partial charge is 0.391 e. The smallest absolute Gasteiger partial charge is 0.127 e. The van der Waals surface area contributed by atoms with E-state index in [0.29, 0.717) is 6.54 Å². The van der Waals surface area contributed by atoms with Gasteiger partial charge in [0.2, 0.25) is 0 Å². The molecule has 1 atom stereocenters. The Bertz CT molecular complexity index is 271. The Kier molecular flexibility index (Phi) is 1.73. The molecule has 0 saturated carbocycles. The zero-order valence-electron chi connectivity index (χ0n) is 6.00. The Balaban J connectivity index is 2.36. The van der Waals surface area contributed by atoms with Gasteiger partial charge in [-0.05, 0) is 28.8 Å². The quantitative estimate of drug-likeness (QED) is 0.702. The lowest BCUT2D eigenvalue weighted by Crippen LogP contribution is -2.23. The number of aliphatic hydroxyl groups excluding tert-OH is 1. The van der Waals surface area contributed by atoms with Gasteiger partial charge >= 0.3 is 0 Å². The highest BCUT2D eigenvalue weighted by atomic mass is 79.9. The normalized spacial score (nSPS) is 23.3. The summed E-state index contributed by atoms with van der Waals surface area (Å²) in [7, 11) is 0. The maximum atomic E-state index is 9.30. The number of fused-ring (bicyclic) bond motifs is 1. The first kappa shape index (κ1) is 7.31. The summed E-state index contributed by atoms with van der Waals surface area (Å²) in [5, 5.41) is 9.30. The zero-order chi connectivity index (χ0) is 7.84. The van der Waals surface area contributed by atoms with Gasteiger partial charge in [-0.3, -0.25) is 0 Å². The van der Waals surface area contributed by atoms with Crippen LogP contribution in [0.25, 0.3) is 0 Å². The number of aliphatic hydroxyl groups is 1. The van der Waals surface area contributed by atoms with E-state index < -0.39 is 0 Å². The van der Waals surface area contributed by atoms with E-state index in [4.69, 9.17) is 0 Å². The Morgan fingerprint density at radius 1 is 1.73 bits per heavy atom. The maximum absolute atomic E-state index is 9.30. The Morgan fingerprint density at radius 3 is 3.36 bits per heavy atom. The molecule has 1 N–H and O–H groups in total. The van der Waals surface area contributed by atoms with E-state index >= 15 is 0 Å². The molecule has 0 bridgehead atoms. The van der Waals surface area contributed by atoms with E-state index in [1.807, 2.05) is 4.57 Å². The van der Waals surface area contributed by atoms with Crippen LogP contribution in [0, 0.1) is 0 Å². The standard InChI is InChI=1S/C7H9BrN2O/c8-7-6-2-1-5(11)3-10(6)4-9-7/h4-5,11H,1-3H2. The summed E-state index contributed by atoms with van der Waals surface area (Å²) >= 11 is 3.36. The molecule has 0 spiro atoms. The molecule has 2 rings (SSSR count). The third-order valence-electron chi connectivity index (χ3n) is 2.02. The van der Waals surface area contributed by atoms with Crippen molar-refractivity contribution in [2.24, 2.45) is 0 Å². The Hall–Kier alpha value is -0.350. The van der Waals surface area contributed by atoms with Crippen LogP contribution in [0.2, 0.25) is 0 Å². The Labute approximate surface area is 73.2 Å². The first-order chi connectivity index (χ1) is 5.27. The summed E-state index contributed by atoms with van der Waals surface area (Å²) in [6, 6.07) is 0. The predicted octanol–water partition coefficient (Wildman–Crippen LogP) is 0.953. The van der Waals surface area contributed by atoms with Crippen molar-refractivity contribution in [2.75, 3.05) is 0 Å². The molecule has 0 aromatic carbocycles. The molecule has 11 heavy (non-hydrogen) atoms. The number of hydrogen-bond acceptors (Lipinski definition) is 2. The molecule has 1 aliphatic heterocycles. The van der Waals surface area contributed by atoms with Gasteiger partial charge in [0, 0.05) is 6.54 Å². The van der Waals surface area contributed by atoms with E-state index in [2.05, 4.69) is 20.9 Å². The summed E-state index contributed by atoms with van der Waals surface area (Å²) in [6.45, 7) is 0.688. The van der Waals surface area contributed by atoms with Crippen LogP contribution in [0.4, 0.5) is 0 Å². The first-order valence-corrected chi connectivity index (χ1v) is 4.44. The van der Waals surface area contributed by atoms with Crippen LogP contribution in [-0.4, -0.2) is 20.8 Å². The third kappa shape index (κ3) is 1.20. The second-order valence-electron chi connectivity index (χ2n) is 2.83. The van der Waals surface area contributed by atoms with Crippen LogP contribution >= 0.6 is 15.9 Å². The van der Waals surface area contributed by atoms with Gasteiger partial charge in [0.05, 0.1) is 18.1 Å². The SMILES string of the molecule is OC1CCc2c(Br)ncn2C1. The van der Waals surface area contributed by atoms with E-state index in [1.54, 1.807) is 6.33 Å². The summed E-state index contributed by atoms with van der Waals surface area (Å²) in [5.41, 5.74) is 1.20. The number of aromatic nitrogens is 2. The van der Waals surface area contributed by atoms with Gasteiger partial charge in [-0.2, -0.15) is 0 Å². The minimum Gasteiger partial charge on any atom is -0.391 e. The third-order valence-corrected chi connectivity index (χ3v) is 2.68. The van der Waals surface area contributed by atoms with Crippen molar-refractivity contribution in [2.45, 2.75) is 25.5 Å². The van der Waals surface area contributed by atoms with Gasteiger partial charge in [0.15, 0.2) is 0 Å². The molecule has 0 saturated heterocycles. The van der Waals surface area contributed by atoms with Crippen molar-refractivity contribution in [3.8, 4) is 0 Å². The van der Waals surface area contributed by atoms with Crippen molar-refractivity contribution in [1.82, 2.24) is 9.55 Å². The van der Waals surface area contributed by atoms with Crippen LogP contribution in [0.3, 0.4) is 0 Å². The minimum atomic E-state index is -0.191. The van der Waals surface area contributed by atoms with Crippen molar-refractivity contribution < 1.29 is 5.11 Å². The lowest BCUT2D eigenvalue weighted by Gasteiger charge is -2.19. The molecular weight excluding hydrogens is 208 g/mol. The van der Waals surface area contributed by atoms with Gasteiger partial charge in [-0.25, -0.2) is 4.98 Å². The maximum Gasteiger partial charge on any atom is 0.127 e. The molecular formula is C7H9BrN2O. The molecule has 1 aromatic rings. The van der Waals surface area contributed by atoms with Crippen LogP contribution < -0.4 is 0 Å². The van der Waals surface area contributed by atoms with E-state index in [1.165, 1.54) is 5.69 Å². The first-order valence-electron chi connectivity index (χ1n) is 3.65. The predicted molar refractivity (Wildman–Crippen MR) is 44.3 cm³/mol. The average molecular weight is 217 g/mol. The molecule has 2 heterocycles. The average Bonchev–Trinajstić information content (AvgIpc) is 2.32. The fourth-order valence-corrected chi connectivity index (χ4v) is 1.93. The van der Waals surface area contributed by atoms with Gasteiger partial charge < -0.3 is 9.67 Å². The molecule has 0 fully saturated rings. The van der Waals surface area contributed by atoms with Gasteiger partial charge in [-0.15, -0.1) is 0 Å². The highest BCUT2D eigenvalue weighted by Gasteiger charge is 2.18. The number of rotatable bonds is 0. The molecule has 3 nitrogen and oxygen atoms in total. The van der Waals surface area contributed by atoms with Crippen molar-refractivity contribution in [3.05, 3.63) is 16.6 Å². The minimum absolute atomic E-state index is 0.191. The van der Waals surface area contributed by atoms with E-state index in [9.17, 15) is 5.11 Å². The fraction of sp³-hybridized carbons (Fsp3) is 0.571. The van der Waals surface area contributed by atoms with Crippen molar-refractivity contribution in [1.29, 1.82) is 0 Å². The highest BCUT2D eigenvalue weighted by Crippen LogP contribution is 2.21. The number of hydrogen-bond donors (Lipinski definition) is 1. The number of halogens is 1. The van der Waals surface area contributed by atoms with Crippen LogP contribution in [0.1, 0.15) is 12.1 Å². The lowest BCUT2D eigenvalue weighted by molar-refractivity contribution is 0.131. The van der Waals surface area contributed by atoms with Crippen molar-refractivity contribution >= 4 is 15.9 Å². The molecule has 0 aliphatic carbocycles. The molecule has 1 unspecified atom stereocenters. The second kappa shape index (κ2) is 2.60. The fourth-order valence-electron chi connectivity index (χ4n) is 1.41. The summed E-state index contributed by atoms with van der Waals surface area (Å²) in [4.78, 5) is 4.10. The molecule has 0 amide bonds. The van der Waals surface area contributed by atoms with Crippen molar-refractivity contribution in [3.63, 3.8) is 0 Å². The summed E-state index contributed by atoms with van der Waals surface area (Å²) < 4.78 is 2.92. The molecule has 4 heteroatoms.